The molecule has 2 aromatic rings. The van der Waals surface area contributed by atoms with Crippen LogP contribution < -0.4 is 4.74 Å². The standard InChI is InChI=1S/C20H25NO5/c1-12(2)16-7-6-13(3)8-18(16)25-11-19(22)21(5)10-15-9-17(20(23)24)14(4)26-15/h6-9,12H,10-11H2,1-5H3,(H,23,24). The van der Waals surface area contributed by atoms with Gasteiger partial charge in [0.05, 0.1) is 6.54 Å². The molecule has 2 rings (SSSR count). The highest BCUT2D eigenvalue weighted by Crippen LogP contribution is 2.27. The second kappa shape index (κ2) is 8.08. The third-order valence-electron chi connectivity index (χ3n) is 4.16. The summed E-state index contributed by atoms with van der Waals surface area (Å²) in [5.74, 6) is 0.491. The normalized spacial score (nSPS) is 10.8. The van der Waals surface area contributed by atoms with Gasteiger partial charge in [-0.05, 0) is 43.0 Å². The summed E-state index contributed by atoms with van der Waals surface area (Å²) in [5, 5.41) is 9.07. The lowest BCUT2D eigenvalue weighted by Crippen LogP contribution is -2.31. The molecule has 6 heteroatoms. The topological polar surface area (TPSA) is 80.0 Å². The van der Waals surface area contributed by atoms with Crippen LogP contribution in [0.4, 0.5) is 0 Å². The van der Waals surface area contributed by atoms with Crippen LogP contribution in [0.25, 0.3) is 0 Å². The molecule has 0 aliphatic heterocycles. The van der Waals surface area contributed by atoms with Crippen molar-refractivity contribution in [3.05, 3.63) is 52.5 Å². The Morgan fingerprint density at radius 3 is 2.50 bits per heavy atom. The summed E-state index contributed by atoms with van der Waals surface area (Å²) in [7, 11) is 1.63. The van der Waals surface area contributed by atoms with Gasteiger partial charge in [0.2, 0.25) is 0 Å². The molecule has 0 unspecified atom stereocenters. The number of amides is 1. The van der Waals surface area contributed by atoms with Crippen molar-refractivity contribution in [2.75, 3.05) is 13.7 Å². The van der Waals surface area contributed by atoms with E-state index in [0.717, 1.165) is 11.1 Å². The van der Waals surface area contributed by atoms with E-state index in [1.54, 1.807) is 14.0 Å². The van der Waals surface area contributed by atoms with Crippen molar-refractivity contribution in [2.45, 2.75) is 40.2 Å². The molecule has 1 aromatic heterocycles. The summed E-state index contributed by atoms with van der Waals surface area (Å²) in [5.41, 5.74) is 2.23. The Bertz CT molecular complexity index is 807. The van der Waals surface area contributed by atoms with Gasteiger partial charge in [-0.2, -0.15) is 0 Å². The average Bonchev–Trinajstić information content (AvgIpc) is 2.92. The number of nitrogens with zero attached hydrogens (tertiary/aromatic N) is 1. The SMILES string of the molecule is Cc1ccc(C(C)C)c(OCC(=O)N(C)Cc2cc(C(=O)O)c(C)o2)c1. The van der Waals surface area contributed by atoms with Crippen molar-refractivity contribution in [3.8, 4) is 5.75 Å². The fourth-order valence-electron chi connectivity index (χ4n) is 2.65. The molecule has 0 spiro atoms. The van der Waals surface area contributed by atoms with Crippen molar-refractivity contribution in [1.82, 2.24) is 4.90 Å². The zero-order valence-electron chi connectivity index (χ0n) is 15.8. The molecule has 26 heavy (non-hydrogen) atoms. The molecule has 140 valence electrons. The van der Waals surface area contributed by atoms with E-state index in [1.165, 1.54) is 11.0 Å². The number of carboxylic acid groups (broad SMARTS) is 1. The summed E-state index contributed by atoms with van der Waals surface area (Å²) in [6.07, 6.45) is 0. The van der Waals surface area contributed by atoms with Gasteiger partial charge in [-0.3, -0.25) is 4.79 Å². The minimum Gasteiger partial charge on any atom is -0.483 e. The maximum atomic E-state index is 12.4. The Balaban J connectivity index is 2.01. The van der Waals surface area contributed by atoms with E-state index in [4.69, 9.17) is 14.3 Å². The first-order valence-electron chi connectivity index (χ1n) is 8.49. The van der Waals surface area contributed by atoms with Crippen LogP contribution in [0.5, 0.6) is 5.75 Å². The molecule has 0 fully saturated rings. The maximum absolute atomic E-state index is 12.4. The first kappa shape index (κ1) is 19.6. The van der Waals surface area contributed by atoms with Gasteiger partial charge in [0, 0.05) is 7.05 Å². The number of ether oxygens (including phenoxy) is 1. The van der Waals surface area contributed by atoms with E-state index >= 15 is 0 Å². The Hall–Kier alpha value is -2.76. The van der Waals surface area contributed by atoms with Gasteiger partial charge in [-0.1, -0.05) is 26.0 Å². The molecule has 1 N–H and O–H groups in total. The second-order valence-electron chi connectivity index (χ2n) is 6.72. The lowest BCUT2D eigenvalue weighted by molar-refractivity contribution is -0.132. The number of benzene rings is 1. The van der Waals surface area contributed by atoms with Crippen LogP contribution in [0, 0.1) is 13.8 Å². The van der Waals surface area contributed by atoms with Crippen LogP contribution in [-0.2, 0) is 11.3 Å². The Morgan fingerprint density at radius 1 is 1.23 bits per heavy atom. The van der Waals surface area contributed by atoms with Crippen LogP contribution in [0.1, 0.15) is 52.8 Å². The summed E-state index contributed by atoms with van der Waals surface area (Å²) < 4.78 is 11.2. The Kier molecular flexibility index (Phi) is 6.08. The number of carbonyl (C=O) groups is 2. The number of hydrogen-bond acceptors (Lipinski definition) is 4. The van der Waals surface area contributed by atoms with Gasteiger partial charge >= 0.3 is 5.97 Å². The predicted octanol–water partition coefficient (Wildman–Crippen LogP) is 3.76. The van der Waals surface area contributed by atoms with E-state index in [-0.39, 0.29) is 24.6 Å². The van der Waals surface area contributed by atoms with Crippen molar-refractivity contribution in [2.24, 2.45) is 0 Å². The zero-order valence-corrected chi connectivity index (χ0v) is 15.8. The fraction of sp³-hybridized carbons (Fsp3) is 0.400. The average molecular weight is 359 g/mol. The van der Waals surface area contributed by atoms with E-state index in [2.05, 4.69) is 13.8 Å². The molecule has 0 saturated heterocycles. The van der Waals surface area contributed by atoms with Gasteiger partial charge in [0.15, 0.2) is 6.61 Å². The van der Waals surface area contributed by atoms with Crippen LogP contribution in [0.2, 0.25) is 0 Å². The smallest absolute Gasteiger partial charge is 0.339 e. The lowest BCUT2D eigenvalue weighted by Gasteiger charge is -2.18. The number of aromatic carboxylic acids is 1. The van der Waals surface area contributed by atoms with Crippen molar-refractivity contribution >= 4 is 11.9 Å². The lowest BCUT2D eigenvalue weighted by atomic mass is 10.0. The highest BCUT2D eigenvalue weighted by Gasteiger charge is 2.18. The first-order valence-corrected chi connectivity index (χ1v) is 8.49. The third kappa shape index (κ3) is 4.65. The van der Waals surface area contributed by atoms with Crippen LogP contribution in [-0.4, -0.2) is 35.5 Å². The molecule has 1 heterocycles. The van der Waals surface area contributed by atoms with Gasteiger partial charge < -0.3 is 19.2 Å². The molecule has 0 aliphatic rings. The molecule has 0 radical (unpaired) electrons. The van der Waals surface area contributed by atoms with Crippen LogP contribution >= 0.6 is 0 Å². The van der Waals surface area contributed by atoms with Crippen molar-refractivity contribution in [1.29, 1.82) is 0 Å². The third-order valence-corrected chi connectivity index (χ3v) is 4.16. The molecule has 0 bridgehead atoms. The monoisotopic (exact) mass is 359 g/mol. The number of likely N-dealkylation sites (N-methyl/N-ethyl adjacent to an activating group) is 1. The fourth-order valence-corrected chi connectivity index (χ4v) is 2.65. The van der Waals surface area contributed by atoms with Gasteiger partial charge in [-0.15, -0.1) is 0 Å². The minimum absolute atomic E-state index is 0.0921. The summed E-state index contributed by atoms with van der Waals surface area (Å²) in [6, 6.07) is 7.41. The van der Waals surface area contributed by atoms with Gasteiger partial charge in [0.1, 0.15) is 22.8 Å². The number of carboxylic acids is 1. The van der Waals surface area contributed by atoms with E-state index in [9.17, 15) is 9.59 Å². The Labute approximate surface area is 153 Å². The molecule has 1 aromatic carbocycles. The molecule has 6 nitrogen and oxygen atoms in total. The molecule has 0 atom stereocenters. The first-order chi connectivity index (χ1) is 12.2. The van der Waals surface area contributed by atoms with Crippen LogP contribution in [0.15, 0.2) is 28.7 Å². The number of aryl methyl sites for hydroxylation is 2. The summed E-state index contributed by atoms with van der Waals surface area (Å²) in [4.78, 5) is 24.9. The largest absolute Gasteiger partial charge is 0.483 e. The molecule has 0 saturated carbocycles. The number of furan rings is 1. The van der Waals surface area contributed by atoms with Gasteiger partial charge in [-0.25, -0.2) is 4.79 Å². The summed E-state index contributed by atoms with van der Waals surface area (Å²) >= 11 is 0. The van der Waals surface area contributed by atoms with Crippen LogP contribution in [0.3, 0.4) is 0 Å². The number of rotatable bonds is 7. The summed E-state index contributed by atoms with van der Waals surface area (Å²) in [6.45, 7) is 7.80. The molecular formula is C20H25NO5. The Morgan fingerprint density at radius 2 is 1.92 bits per heavy atom. The molecule has 1 amide bonds. The van der Waals surface area contributed by atoms with E-state index in [0.29, 0.717) is 23.2 Å². The number of carbonyl (C=O) groups excluding carboxylic acids is 1. The van der Waals surface area contributed by atoms with Crippen molar-refractivity contribution < 1.29 is 23.8 Å². The van der Waals surface area contributed by atoms with E-state index < -0.39 is 5.97 Å². The highest BCUT2D eigenvalue weighted by molar-refractivity contribution is 5.88. The minimum atomic E-state index is -1.05. The number of hydrogen-bond donors (Lipinski definition) is 1. The second-order valence-corrected chi connectivity index (χ2v) is 6.72. The quantitative estimate of drug-likeness (QED) is 0.814. The highest BCUT2D eigenvalue weighted by atomic mass is 16.5. The van der Waals surface area contributed by atoms with Crippen molar-refractivity contribution in [3.63, 3.8) is 0 Å². The maximum Gasteiger partial charge on any atom is 0.339 e. The van der Waals surface area contributed by atoms with Gasteiger partial charge in [0.25, 0.3) is 5.91 Å². The predicted molar refractivity (Wildman–Crippen MR) is 97.6 cm³/mol. The van der Waals surface area contributed by atoms with E-state index in [1.807, 2.05) is 25.1 Å². The molecule has 0 aliphatic carbocycles. The zero-order chi connectivity index (χ0) is 19.4. The molecular weight excluding hydrogens is 334 g/mol.